The summed E-state index contributed by atoms with van der Waals surface area (Å²) in [6.07, 6.45) is 4.19. The molecule has 1 saturated heterocycles. The van der Waals surface area contributed by atoms with Crippen LogP contribution in [0, 0.1) is 0 Å². The molecular weight excluding hydrogens is 308 g/mol. The van der Waals surface area contributed by atoms with E-state index in [0.29, 0.717) is 24.3 Å². The highest BCUT2D eigenvalue weighted by Crippen LogP contribution is 2.39. The number of methoxy groups -OCH3 is 1. The molecule has 0 unspecified atom stereocenters. The van der Waals surface area contributed by atoms with Crippen molar-refractivity contribution < 1.29 is 14.0 Å². The van der Waals surface area contributed by atoms with Crippen LogP contribution in [0.3, 0.4) is 0 Å². The largest absolute Gasteiger partial charge is 0.481 e. The maximum Gasteiger partial charge on any atom is 0.246 e. The third kappa shape index (κ3) is 3.14. The van der Waals surface area contributed by atoms with Gasteiger partial charge in [0.15, 0.2) is 5.82 Å². The molecule has 1 aliphatic heterocycles. The summed E-state index contributed by atoms with van der Waals surface area (Å²) in [6, 6.07) is 3.89. The van der Waals surface area contributed by atoms with Gasteiger partial charge in [0.1, 0.15) is 6.04 Å². The Bertz CT molecular complexity index is 683. The van der Waals surface area contributed by atoms with E-state index < -0.39 is 0 Å². The summed E-state index contributed by atoms with van der Waals surface area (Å²) in [6.45, 7) is 4.34. The molecular formula is C17H22N4O3. The zero-order valence-electron chi connectivity index (χ0n) is 14.0. The maximum atomic E-state index is 5.83. The molecule has 2 atom stereocenters. The van der Waals surface area contributed by atoms with Crippen molar-refractivity contribution in [3.63, 3.8) is 0 Å². The lowest BCUT2D eigenvalue weighted by atomic mass is 10.1. The number of hydrogen-bond donors (Lipinski definition) is 0. The standard InChI is InChI=1S/C17H22N4O3/c1-11-15(17-19-16(20-24-17)13-4-5-13)21(7-8-23-11)10-12-3-6-14(22-2)18-9-12/h3,6,9,11,13,15H,4-5,7-8,10H2,1-2H3/t11-,15+/m1/s1. The van der Waals surface area contributed by atoms with Gasteiger partial charge in [0.05, 0.1) is 19.8 Å². The Balaban J connectivity index is 1.53. The van der Waals surface area contributed by atoms with E-state index in [2.05, 4.69) is 26.9 Å². The zero-order valence-corrected chi connectivity index (χ0v) is 14.0. The molecule has 2 aromatic rings. The van der Waals surface area contributed by atoms with Gasteiger partial charge in [-0.3, -0.25) is 4.90 Å². The second-order valence-electron chi connectivity index (χ2n) is 6.47. The summed E-state index contributed by atoms with van der Waals surface area (Å²) in [4.78, 5) is 11.2. The highest BCUT2D eigenvalue weighted by molar-refractivity contribution is 5.18. The fourth-order valence-corrected chi connectivity index (χ4v) is 3.15. The normalized spacial score (nSPS) is 24.9. The Morgan fingerprint density at radius 1 is 1.33 bits per heavy atom. The summed E-state index contributed by atoms with van der Waals surface area (Å²) < 4.78 is 16.5. The number of rotatable bonds is 5. The van der Waals surface area contributed by atoms with Crippen LogP contribution < -0.4 is 4.74 Å². The van der Waals surface area contributed by atoms with E-state index in [0.717, 1.165) is 37.3 Å². The second-order valence-corrected chi connectivity index (χ2v) is 6.47. The van der Waals surface area contributed by atoms with Crippen LogP contribution in [0.15, 0.2) is 22.9 Å². The van der Waals surface area contributed by atoms with Gasteiger partial charge in [-0.1, -0.05) is 11.2 Å². The van der Waals surface area contributed by atoms with E-state index in [1.807, 2.05) is 18.3 Å². The van der Waals surface area contributed by atoms with Gasteiger partial charge in [-0.05, 0) is 25.3 Å². The van der Waals surface area contributed by atoms with Crippen LogP contribution in [-0.4, -0.2) is 46.4 Å². The molecule has 128 valence electrons. The van der Waals surface area contributed by atoms with Crippen LogP contribution >= 0.6 is 0 Å². The predicted molar refractivity (Wildman–Crippen MR) is 85.6 cm³/mol. The van der Waals surface area contributed by atoms with E-state index in [1.54, 1.807) is 7.11 Å². The lowest BCUT2D eigenvalue weighted by Crippen LogP contribution is -2.43. The van der Waals surface area contributed by atoms with E-state index in [-0.39, 0.29) is 12.1 Å². The van der Waals surface area contributed by atoms with Gasteiger partial charge >= 0.3 is 0 Å². The average molecular weight is 330 g/mol. The number of morpholine rings is 1. The second kappa shape index (κ2) is 6.49. The van der Waals surface area contributed by atoms with Gasteiger partial charge in [-0.15, -0.1) is 0 Å². The third-order valence-corrected chi connectivity index (χ3v) is 4.64. The first kappa shape index (κ1) is 15.5. The first-order valence-corrected chi connectivity index (χ1v) is 8.42. The molecule has 3 heterocycles. The molecule has 7 nitrogen and oxygen atoms in total. The van der Waals surface area contributed by atoms with Gasteiger partial charge in [-0.25, -0.2) is 4.98 Å². The van der Waals surface area contributed by atoms with E-state index >= 15 is 0 Å². The Morgan fingerprint density at radius 3 is 2.92 bits per heavy atom. The van der Waals surface area contributed by atoms with Gasteiger partial charge < -0.3 is 14.0 Å². The Hall–Kier alpha value is -1.99. The zero-order chi connectivity index (χ0) is 16.5. The molecule has 4 rings (SSSR count). The van der Waals surface area contributed by atoms with Crippen LogP contribution in [-0.2, 0) is 11.3 Å². The van der Waals surface area contributed by atoms with Crippen molar-refractivity contribution in [2.24, 2.45) is 0 Å². The van der Waals surface area contributed by atoms with E-state index in [9.17, 15) is 0 Å². The fraction of sp³-hybridized carbons (Fsp3) is 0.588. The van der Waals surface area contributed by atoms with Gasteiger partial charge in [-0.2, -0.15) is 4.98 Å². The molecule has 0 radical (unpaired) electrons. The average Bonchev–Trinajstić information content (AvgIpc) is 3.34. The molecule has 2 fully saturated rings. The minimum Gasteiger partial charge on any atom is -0.481 e. The van der Waals surface area contributed by atoms with Gasteiger partial charge in [0.2, 0.25) is 11.8 Å². The minimum absolute atomic E-state index is 0.0115. The van der Waals surface area contributed by atoms with Crippen LogP contribution in [0.25, 0.3) is 0 Å². The Labute approximate surface area is 141 Å². The lowest BCUT2D eigenvalue weighted by Gasteiger charge is -2.37. The molecule has 0 bridgehead atoms. The van der Waals surface area contributed by atoms with Crippen molar-refractivity contribution in [3.05, 3.63) is 35.6 Å². The summed E-state index contributed by atoms with van der Waals surface area (Å²) in [7, 11) is 1.62. The molecule has 1 aliphatic carbocycles. The number of nitrogens with zero attached hydrogens (tertiary/aromatic N) is 4. The quantitative estimate of drug-likeness (QED) is 0.833. The summed E-state index contributed by atoms with van der Waals surface area (Å²) in [5, 5.41) is 4.15. The molecule has 24 heavy (non-hydrogen) atoms. The third-order valence-electron chi connectivity index (χ3n) is 4.64. The fourth-order valence-electron chi connectivity index (χ4n) is 3.15. The molecule has 7 heteroatoms. The number of aromatic nitrogens is 3. The van der Waals surface area contributed by atoms with Crippen LogP contribution in [0.2, 0.25) is 0 Å². The number of pyridine rings is 1. The van der Waals surface area contributed by atoms with Crippen LogP contribution in [0.5, 0.6) is 5.88 Å². The number of ether oxygens (including phenoxy) is 2. The van der Waals surface area contributed by atoms with E-state index in [1.165, 1.54) is 0 Å². The molecule has 0 amide bonds. The molecule has 2 aromatic heterocycles. The van der Waals surface area contributed by atoms with Crippen molar-refractivity contribution in [2.75, 3.05) is 20.3 Å². The van der Waals surface area contributed by atoms with Crippen LogP contribution in [0.4, 0.5) is 0 Å². The molecule has 2 aliphatic rings. The lowest BCUT2D eigenvalue weighted by molar-refractivity contribution is -0.0763. The maximum absolute atomic E-state index is 5.83. The molecule has 0 N–H and O–H groups in total. The first-order chi connectivity index (χ1) is 11.7. The Morgan fingerprint density at radius 2 is 2.21 bits per heavy atom. The van der Waals surface area contributed by atoms with Gasteiger partial charge in [0.25, 0.3) is 0 Å². The molecule has 1 saturated carbocycles. The molecule has 0 spiro atoms. The first-order valence-electron chi connectivity index (χ1n) is 8.42. The SMILES string of the molecule is COc1ccc(CN2CCO[C@H](C)[C@H]2c2nc(C3CC3)no2)cn1. The van der Waals surface area contributed by atoms with Crippen LogP contribution in [0.1, 0.15) is 49.0 Å². The highest BCUT2D eigenvalue weighted by Gasteiger charge is 2.37. The topological polar surface area (TPSA) is 73.5 Å². The highest BCUT2D eigenvalue weighted by atomic mass is 16.5. The monoisotopic (exact) mass is 330 g/mol. The Kier molecular flexibility index (Phi) is 4.20. The smallest absolute Gasteiger partial charge is 0.246 e. The molecule has 0 aromatic carbocycles. The van der Waals surface area contributed by atoms with Crippen molar-refractivity contribution in [2.45, 2.75) is 44.4 Å². The summed E-state index contributed by atoms with van der Waals surface area (Å²) in [5.74, 6) is 2.61. The van der Waals surface area contributed by atoms with Crippen molar-refractivity contribution in [1.29, 1.82) is 0 Å². The van der Waals surface area contributed by atoms with E-state index in [4.69, 9.17) is 14.0 Å². The van der Waals surface area contributed by atoms with Gasteiger partial charge in [0, 0.05) is 31.3 Å². The summed E-state index contributed by atoms with van der Waals surface area (Å²) in [5.41, 5.74) is 1.12. The predicted octanol–water partition coefficient (Wildman–Crippen LogP) is 2.31. The van der Waals surface area contributed by atoms with Crippen molar-refractivity contribution in [3.8, 4) is 5.88 Å². The minimum atomic E-state index is -0.0270. The van der Waals surface area contributed by atoms with Crippen molar-refractivity contribution >= 4 is 0 Å². The van der Waals surface area contributed by atoms with Crippen molar-refractivity contribution in [1.82, 2.24) is 20.0 Å². The summed E-state index contributed by atoms with van der Waals surface area (Å²) >= 11 is 0. The number of hydrogen-bond acceptors (Lipinski definition) is 7.